The van der Waals surface area contributed by atoms with Crippen molar-refractivity contribution in [1.29, 1.82) is 0 Å². The first-order chi connectivity index (χ1) is 9.60. The van der Waals surface area contributed by atoms with Crippen LogP contribution in [-0.2, 0) is 19.4 Å². The van der Waals surface area contributed by atoms with E-state index in [9.17, 15) is 0 Å². The molecule has 0 fully saturated rings. The minimum atomic E-state index is 0.0838. The molecule has 0 saturated heterocycles. The summed E-state index contributed by atoms with van der Waals surface area (Å²) in [5.41, 5.74) is 6.39. The highest BCUT2D eigenvalue weighted by Crippen LogP contribution is 2.30. The molecule has 0 aliphatic carbocycles. The SMILES string of the molecule is CCc1nn(CC)c(CC(NN)c2csc(Br)c2)c1Br. The Morgan fingerprint density at radius 1 is 1.45 bits per heavy atom. The maximum atomic E-state index is 5.74. The Balaban J connectivity index is 2.29. The van der Waals surface area contributed by atoms with Gasteiger partial charge in [-0.1, -0.05) is 6.92 Å². The molecule has 0 radical (unpaired) electrons. The summed E-state index contributed by atoms with van der Waals surface area (Å²) in [4.78, 5) is 0. The topological polar surface area (TPSA) is 55.9 Å². The Morgan fingerprint density at radius 2 is 2.20 bits per heavy atom. The molecule has 20 heavy (non-hydrogen) atoms. The van der Waals surface area contributed by atoms with Gasteiger partial charge in [0.05, 0.1) is 25.7 Å². The van der Waals surface area contributed by atoms with Crippen molar-refractivity contribution >= 4 is 43.2 Å². The number of aromatic nitrogens is 2. The molecule has 2 aromatic rings. The highest BCUT2D eigenvalue weighted by Gasteiger charge is 2.19. The highest BCUT2D eigenvalue weighted by atomic mass is 79.9. The highest BCUT2D eigenvalue weighted by molar-refractivity contribution is 9.11. The Labute approximate surface area is 140 Å². The molecule has 0 saturated carbocycles. The molecule has 1 unspecified atom stereocenters. The van der Waals surface area contributed by atoms with Gasteiger partial charge in [-0.25, -0.2) is 0 Å². The van der Waals surface area contributed by atoms with Gasteiger partial charge in [0.25, 0.3) is 0 Å². The Kier molecular flexibility index (Phi) is 5.80. The monoisotopic (exact) mass is 420 g/mol. The van der Waals surface area contributed by atoms with Gasteiger partial charge in [0, 0.05) is 13.0 Å². The lowest BCUT2D eigenvalue weighted by Crippen LogP contribution is -2.30. The van der Waals surface area contributed by atoms with E-state index in [1.807, 2.05) is 0 Å². The molecule has 2 heterocycles. The van der Waals surface area contributed by atoms with Crippen LogP contribution in [0.5, 0.6) is 0 Å². The summed E-state index contributed by atoms with van der Waals surface area (Å²) in [7, 11) is 0. The van der Waals surface area contributed by atoms with Crippen LogP contribution < -0.4 is 11.3 Å². The number of hydrogen-bond donors (Lipinski definition) is 2. The number of rotatable bonds is 6. The second-order valence-electron chi connectivity index (χ2n) is 4.48. The Hall–Kier alpha value is -0.210. The third kappa shape index (κ3) is 3.33. The zero-order chi connectivity index (χ0) is 14.7. The molecule has 110 valence electrons. The fourth-order valence-corrected chi connectivity index (χ4v) is 4.14. The van der Waals surface area contributed by atoms with E-state index in [1.54, 1.807) is 11.3 Å². The number of hydrazine groups is 1. The van der Waals surface area contributed by atoms with Crippen LogP contribution in [-0.4, -0.2) is 9.78 Å². The number of aryl methyl sites for hydroxylation is 2. The number of nitrogens with two attached hydrogens (primary N) is 1. The molecule has 2 rings (SSSR count). The molecule has 0 amide bonds. The van der Waals surface area contributed by atoms with Crippen LogP contribution in [0, 0.1) is 0 Å². The zero-order valence-electron chi connectivity index (χ0n) is 11.5. The van der Waals surface area contributed by atoms with Crippen molar-refractivity contribution < 1.29 is 0 Å². The number of thiophene rings is 1. The lowest BCUT2D eigenvalue weighted by molar-refractivity contribution is 0.516. The van der Waals surface area contributed by atoms with Crippen LogP contribution >= 0.6 is 43.2 Å². The van der Waals surface area contributed by atoms with E-state index < -0.39 is 0 Å². The van der Waals surface area contributed by atoms with Gasteiger partial charge < -0.3 is 0 Å². The van der Waals surface area contributed by atoms with E-state index in [2.05, 4.69) is 72.4 Å². The van der Waals surface area contributed by atoms with Crippen molar-refractivity contribution in [3.05, 3.63) is 36.7 Å². The van der Waals surface area contributed by atoms with Crippen LogP contribution in [0.2, 0.25) is 0 Å². The van der Waals surface area contributed by atoms with Crippen molar-refractivity contribution in [2.45, 2.75) is 39.3 Å². The molecule has 0 bridgehead atoms. The van der Waals surface area contributed by atoms with Gasteiger partial charge in [-0.2, -0.15) is 5.10 Å². The first-order valence-corrected chi connectivity index (χ1v) is 9.01. The van der Waals surface area contributed by atoms with Crippen LogP contribution in [0.3, 0.4) is 0 Å². The molecule has 3 N–H and O–H groups in total. The van der Waals surface area contributed by atoms with Gasteiger partial charge in [0.1, 0.15) is 0 Å². The van der Waals surface area contributed by atoms with Crippen molar-refractivity contribution in [2.75, 3.05) is 0 Å². The quantitative estimate of drug-likeness (QED) is 0.550. The predicted octanol–water partition coefficient (Wildman–Crippen LogP) is 3.80. The summed E-state index contributed by atoms with van der Waals surface area (Å²) in [6.07, 6.45) is 1.73. The van der Waals surface area contributed by atoms with Crippen LogP contribution in [0.15, 0.2) is 19.7 Å². The maximum Gasteiger partial charge on any atom is 0.0766 e. The van der Waals surface area contributed by atoms with E-state index in [0.717, 1.165) is 33.3 Å². The van der Waals surface area contributed by atoms with Gasteiger partial charge in [0.2, 0.25) is 0 Å². The lowest BCUT2D eigenvalue weighted by atomic mass is 10.1. The smallest absolute Gasteiger partial charge is 0.0766 e. The third-order valence-corrected chi connectivity index (χ3v) is 5.72. The summed E-state index contributed by atoms with van der Waals surface area (Å²) >= 11 is 8.85. The second kappa shape index (κ2) is 7.17. The fraction of sp³-hybridized carbons (Fsp3) is 0.462. The molecule has 2 aromatic heterocycles. The number of hydrogen-bond acceptors (Lipinski definition) is 4. The minimum Gasteiger partial charge on any atom is -0.271 e. The molecule has 4 nitrogen and oxygen atoms in total. The minimum absolute atomic E-state index is 0.0838. The predicted molar refractivity (Wildman–Crippen MR) is 90.8 cm³/mol. The average molecular weight is 422 g/mol. The van der Waals surface area contributed by atoms with Crippen molar-refractivity contribution in [3.63, 3.8) is 0 Å². The number of halogens is 2. The maximum absolute atomic E-state index is 5.74. The zero-order valence-corrected chi connectivity index (χ0v) is 15.5. The molecule has 7 heteroatoms. The Morgan fingerprint density at radius 3 is 2.70 bits per heavy atom. The standard InChI is InChI=1S/C13H18Br2N4S/c1-3-9-13(15)11(19(4-2)18-9)6-10(17-16)8-5-12(14)20-7-8/h5,7,10,17H,3-4,6,16H2,1-2H3. The van der Waals surface area contributed by atoms with E-state index in [-0.39, 0.29) is 6.04 Å². The second-order valence-corrected chi connectivity index (χ2v) is 7.57. The summed E-state index contributed by atoms with van der Waals surface area (Å²) in [5.74, 6) is 5.74. The third-order valence-electron chi connectivity index (χ3n) is 3.28. The van der Waals surface area contributed by atoms with Crippen molar-refractivity contribution in [2.24, 2.45) is 5.84 Å². The molecule has 0 aliphatic rings. The van der Waals surface area contributed by atoms with E-state index in [0.29, 0.717) is 0 Å². The van der Waals surface area contributed by atoms with Crippen LogP contribution in [0.1, 0.15) is 36.8 Å². The van der Waals surface area contributed by atoms with Crippen LogP contribution in [0.4, 0.5) is 0 Å². The van der Waals surface area contributed by atoms with E-state index >= 15 is 0 Å². The van der Waals surface area contributed by atoms with Gasteiger partial charge in [0.15, 0.2) is 0 Å². The van der Waals surface area contributed by atoms with Gasteiger partial charge in [-0.3, -0.25) is 16.0 Å². The first kappa shape index (κ1) is 16.2. The molecular weight excluding hydrogens is 404 g/mol. The molecule has 0 aromatic carbocycles. The summed E-state index contributed by atoms with van der Waals surface area (Å²) in [6.45, 7) is 5.08. The summed E-state index contributed by atoms with van der Waals surface area (Å²) in [6, 6.07) is 2.19. The van der Waals surface area contributed by atoms with Crippen LogP contribution in [0.25, 0.3) is 0 Å². The van der Waals surface area contributed by atoms with E-state index in [4.69, 9.17) is 5.84 Å². The van der Waals surface area contributed by atoms with Gasteiger partial charge >= 0.3 is 0 Å². The largest absolute Gasteiger partial charge is 0.271 e. The van der Waals surface area contributed by atoms with Gasteiger partial charge in [-0.05, 0) is 62.2 Å². The first-order valence-electron chi connectivity index (χ1n) is 6.54. The van der Waals surface area contributed by atoms with Crippen molar-refractivity contribution in [1.82, 2.24) is 15.2 Å². The van der Waals surface area contributed by atoms with Crippen molar-refractivity contribution in [3.8, 4) is 0 Å². The summed E-state index contributed by atoms with van der Waals surface area (Å²) < 4.78 is 4.27. The molecular formula is C13H18Br2N4S. The average Bonchev–Trinajstić information content (AvgIpc) is 3.00. The normalized spacial score (nSPS) is 12.8. The number of nitrogens with zero attached hydrogens (tertiary/aromatic N) is 2. The summed E-state index contributed by atoms with van der Waals surface area (Å²) in [5, 5.41) is 6.75. The number of nitrogens with one attached hydrogen (secondary N) is 1. The molecule has 0 aliphatic heterocycles. The Bertz CT molecular complexity index is 579. The fourth-order valence-electron chi connectivity index (χ4n) is 2.18. The molecule has 1 atom stereocenters. The van der Waals surface area contributed by atoms with E-state index in [1.165, 1.54) is 11.3 Å². The molecule has 0 spiro atoms. The van der Waals surface area contributed by atoms with Gasteiger partial charge in [-0.15, -0.1) is 11.3 Å². The lowest BCUT2D eigenvalue weighted by Gasteiger charge is -2.15.